The first-order valence-electron chi connectivity index (χ1n) is 14.6. The SMILES string of the molecule is CC(C)(C)c1noc(C(=O)NC2CCCc3cc(-c4ccnc5[nH]c(-c6cnn(C7CCOCC7)c6)nc45)ccc32)n1. The molecule has 2 aliphatic rings. The van der Waals surface area contributed by atoms with Crippen molar-refractivity contribution in [2.75, 3.05) is 13.2 Å². The van der Waals surface area contributed by atoms with Gasteiger partial charge in [0.05, 0.1) is 23.8 Å². The van der Waals surface area contributed by atoms with Gasteiger partial charge in [-0.15, -0.1) is 0 Å². The number of H-pyrrole nitrogens is 1. The van der Waals surface area contributed by atoms with Crippen molar-refractivity contribution >= 4 is 17.1 Å². The number of benzene rings is 1. The molecular weight excluding hydrogens is 532 g/mol. The van der Waals surface area contributed by atoms with Crippen molar-refractivity contribution in [1.82, 2.24) is 40.2 Å². The molecule has 5 heterocycles. The second kappa shape index (κ2) is 10.5. The van der Waals surface area contributed by atoms with Crippen LogP contribution in [-0.4, -0.2) is 54.0 Å². The summed E-state index contributed by atoms with van der Waals surface area (Å²) in [6.45, 7) is 7.48. The lowest BCUT2D eigenvalue weighted by atomic mass is 9.85. The monoisotopic (exact) mass is 566 g/mol. The summed E-state index contributed by atoms with van der Waals surface area (Å²) in [4.78, 5) is 30.2. The van der Waals surface area contributed by atoms with Crippen molar-refractivity contribution in [2.45, 2.75) is 70.4 Å². The third-order valence-electron chi connectivity index (χ3n) is 8.19. The van der Waals surface area contributed by atoms with Crippen LogP contribution in [0, 0.1) is 0 Å². The highest BCUT2D eigenvalue weighted by Crippen LogP contribution is 2.35. The largest absolute Gasteiger partial charge is 0.381 e. The molecule has 0 bridgehead atoms. The second-order valence-electron chi connectivity index (χ2n) is 12.2. The number of carbonyl (C=O) groups excluding carboxylic acids is 1. The van der Waals surface area contributed by atoms with Crippen molar-refractivity contribution < 1.29 is 14.1 Å². The number of rotatable bonds is 5. The number of aryl methyl sites for hydroxylation is 1. The Morgan fingerprint density at radius 2 is 1.95 bits per heavy atom. The highest BCUT2D eigenvalue weighted by atomic mass is 16.5. The van der Waals surface area contributed by atoms with Gasteiger partial charge in [0.1, 0.15) is 11.3 Å². The first kappa shape index (κ1) is 26.5. The normalized spacial score (nSPS) is 17.8. The van der Waals surface area contributed by atoms with Gasteiger partial charge in [-0.2, -0.15) is 10.1 Å². The smallest absolute Gasteiger partial charge is 0.315 e. The Bertz CT molecular complexity index is 1760. The van der Waals surface area contributed by atoms with E-state index < -0.39 is 0 Å². The molecular formula is C31H34N8O3. The van der Waals surface area contributed by atoms with Gasteiger partial charge >= 0.3 is 11.8 Å². The molecule has 1 amide bonds. The van der Waals surface area contributed by atoms with Crippen molar-refractivity contribution in [3.8, 4) is 22.5 Å². The Balaban J connectivity index is 1.14. The fourth-order valence-electron chi connectivity index (χ4n) is 5.86. The number of hydrogen-bond donors (Lipinski definition) is 2. The molecule has 2 N–H and O–H groups in total. The molecule has 1 aliphatic carbocycles. The van der Waals surface area contributed by atoms with Crippen molar-refractivity contribution in [3.05, 3.63) is 65.7 Å². The molecule has 1 saturated heterocycles. The molecule has 1 fully saturated rings. The number of imidazole rings is 1. The van der Waals surface area contributed by atoms with Crippen LogP contribution in [0.5, 0.6) is 0 Å². The molecule has 4 aromatic heterocycles. The van der Waals surface area contributed by atoms with Gasteiger partial charge in [-0.3, -0.25) is 9.48 Å². The topological polar surface area (TPSA) is 137 Å². The summed E-state index contributed by atoms with van der Waals surface area (Å²) >= 11 is 0. The first-order valence-corrected chi connectivity index (χ1v) is 14.6. The molecule has 1 aliphatic heterocycles. The highest BCUT2D eigenvalue weighted by Gasteiger charge is 2.28. The Labute approximate surface area is 243 Å². The Kier molecular flexibility index (Phi) is 6.61. The summed E-state index contributed by atoms with van der Waals surface area (Å²) in [7, 11) is 0. The van der Waals surface area contributed by atoms with E-state index in [-0.39, 0.29) is 23.3 Å². The number of aromatic amines is 1. The predicted molar refractivity (Wildman–Crippen MR) is 156 cm³/mol. The molecule has 216 valence electrons. The quantitative estimate of drug-likeness (QED) is 0.291. The number of hydrogen-bond acceptors (Lipinski definition) is 8. The minimum absolute atomic E-state index is 0.00418. The molecule has 11 heteroatoms. The van der Waals surface area contributed by atoms with Crippen LogP contribution in [-0.2, 0) is 16.6 Å². The fraction of sp³-hybridized carbons (Fsp3) is 0.419. The molecule has 1 unspecified atom stereocenters. The van der Waals surface area contributed by atoms with E-state index >= 15 is 0 Å². The lowest BCUT2D eigenvalue weighted by Crippen LogP contribution is -2.31. The van der Waals surface area contributed by atoms with Crippen LogP contribution in [0.25, 0.3) is 33.7 Å². The Hall–Kier alpha value is -4.38. The second-order valence-corrected chi connectivity index (χ2v) is 12.2. The number of pyridine rings is 1. The number of ether oxygens (including phenoxy) is 1. The standard InChI is InChI=1S/C31H34N8O3/c1-31(2,3)30-37-29(42-38-30)28(40)34-24-6-4-5-18-15-19(7-8-22(18)24)23-9-12-32-27-25(23)35-26(36-27)20-16-33-39(17-20)21-10-13-41-14-11-21/h7-9,12,15-17,21,24H,4-6,10-11,13-14H2,1-3H3,(H,34,40)(H,32,35,36). The average molecular weight is 567 g/mol. The number of nitrogens with zero attached hydrogens (tertiary/aromatic N) is 6. The van der Waals surface area contributed by atoms with Crippen molar-refractivity contribution in [1.29, 1.82) is 0 Å². The van der Waals surface area contributed by atoms with Crippen LogP contribution in [0.15, 0.2) is 47.4 Å². The van der Waals surface area contributed by atoms with E-state index in [0.717, 1.165) is 84.6 Å². The number of aromatic nitrogens is 7. The van der Waals surface area contributed by atoms with Crippen LogP contribution in [0.1, 0.15) is 86.2 Å². The number of fused-ring (bicyclic) bond motifs is 2. The van der Waals surface area contributed by atoms with Gasteiger partial charge in [-0.25, -0.2) is 9.97 Å². The van der Waals surface area contributed by atoms with Gasteiger partial charge in [0.25, 0.3) is 0 Å². The summed E-state index contributed by atoms with van der Waals surface area (Å²) in [6.07, 6.45) is 10.4. The maximum atomic E-state index is 13.0. The van der Waals surface area contributed by atoms with Gasteiger partial charge in [-0.1, -0.05) is 44.1 Å². The average Bonchev–Trinajstić information content (AvgIpc) is 3.77. The minimum atomic E-state index is -0.347. The maximum Gasteiger partial charge on any atom is 0.315 e. The van der Waals surface area contributed by atoms with Gasteiger partial charge in [0.2, 0.25) is 0 Å². The van der Waals surface area contributed by atoms with Crippen LogP contribution in [0.3, 0.4) is 0 Å². The molecule has 42 heavy (non-hydrogen) atoms. The van der Waals surface area contributed by atoms with Gasteiger partial charge in [-0.05, 0) is 54.9 Å². The highest BCUT2D eigenvalue weighted by molar-refractivity contribution is 5.92. The van der Waals surface area contributed by atoms with E-state index in [4.69, 9.17) is 14.2 Å². The number of carbonyl (C=O) groups is 1. The molecule has 1 aromatic carbocycles. The zero-order chi connectivity index (χ0) is 28.8. The third kappa shape index (κ3) is 4.98. The van der Waals surface area contributed by atoms with E-state index in [2.05, 4.69) is 54.9 Å². The van der Waals surface area contributed by atoms with Crippen molar-refractivity contribution in [3.63, 3.8) is 0 Å². The molecule has 7 rings (SSSR count). The van der Waals surface area contributed by atoms with E-state index in [1.54, 1.807) is 0 Å². The predicted octanol–water partition coefficient (Wildman–Crippen LogP) is 5.33. The van der Waals surface area contributed by atoms with Gasteiger partial charge in [0.15, 0.2) is 11.5 Å². The summed E-state index contributed by atoms with van der Waals surface area (Å²) in [6, 6.07) is 8.65. The summed E-state index contributed by atoms with van der Waals surface area (Å²) < 4.78 is 12.8. The zero-order valence-electron chi connectivity index (χ0n) is 24.1. The Morgan fingerprint density at radius 1 is 1.10 bits per heavy atom. The summed E-state index contributed by atoms with van der Waals surface area (Å²) in [5.41, 5.74) is 6.59. The lowest BCUT2D eigenvalue weighted by Gasteiger charge is -2.26. The van der Waals surface area contributed by atoms with E-state index in [1.807, 2.05) is 43.9 Å². The molecule has 0 spiro atoms. The summed E-state index contributed by atoms with van der Waals surface area (Å²) in [5.74, 6) is 0.912. The van der Waals surface area contributed by atoms with Crippen LogP contribution < -0.4 is 5.32 Å². The number of nitrogens with one attached hydrogen (secondary N) is 2. The molecule has 0 saturated carbocycles. The Morgan fingerprint density at radius 3 is 2.76 bits per heavy atom. The molecule has 5 aromatic rings. The molecule has 0 radical (unpaired) electrons. The maximum absolute atomic E-state index is 13.0. The van der Waals surface area contributed by atoms with Gasteiger partial charge < -0.3 is 19.6 Å². The van der Waals surface area contributed by atoms with Crippen molar-refractivity contribution in [2.24, 2.45) is 0 Å². The van der Waals surface area contributed by atoms with Gasteiger partial charge in [0, 0.05) is 36.6 Å². The third-order valence-corrected chi connectivity index (χ3v) is 8.19. The van der Waals surface area contributed by atoms with Crippen LogP contribution in [0.4, 0.5) is 0 Å². The number of amides is 1. The minimum Gasteiger partial charge on any atom is -0.381 e. The zero-order valence-corrected chi connectivity index (χ0v) is 24.1. The van der Waals surface area contributed by atoms with Crippen LogP contribution in [0.2, 0.25) is 0 Å². The van der Waals surface area contributed by atoms with E-state index in [0.29, 0.717) is 11.9 Å². The lowest BCUT2D eigenvalue weighted by molar-refractivity contribution is 0.0662. The molecule has 1 atom stereocenters. The van der Waals surface area contributed by atoms with Crippen LogP contribution >= 0.6 is 0 Å². The fourth-order valence-corrected chi connectivity index (χ4v) is 5.86. The summed E-state index contributed by atoms with van der Waals surface area (Å²) in [5, 5.41) is 11.7. The van der Waals surface area contributed by atoms with E-state index in [9.17, 15) is 4.79 Å². The van der Waals surface area contributed by atoms with E-state index in [1.165, 1.54) is 5.56 Å². The molecule has 11 nitrogen and oxygen atoms in total. The first-order chi connectivity index (χ1) is 20.3.